The van der Waals surface area contributed by atoms with Gasteiger partial charge >= 0.3 is 0 Å². The van der Waals surface area contributed by atoms with E-state index in [9.17, 15) is 4.79 Å². The average Bonchev–Trinajstić information content (AvgIpc) is 2.16. The van der Waals surface area contributed by atoms with Gasteiger partial charge in [0.15, 0.2) is 0 Å². The van der Waals surface area contributed by atoms with Crippen LogP contribution in [0.1, 0.15) is 11.1 Å². The lowest BCUT2D eigenvalue weighted by molar-refractivity contribution is -0.130. The zero-order chi connectivity index (χ0) is 10.6. The molecule has 0 saturated heterocycles. The smallest absolute Gasteiger partial charge is 0.260 e. The molecular formula is C10H14N2O2. The summed E-state index contributed by atoms with van der Waals surface area (Å²) in [6.07, 6.45) is 0.425. The van der Waals surface area contributed by atoms with Crippen molar-refractivity contribution in [3.05, 3.63) is 35.4 Å². The van der Waals surface area contributed by atoms with Crippen molar-refractivity contribution in [2.75, 3.05) is 0 Å². The van der Waals surface area contributed by atoms with Crippen LogP contribution in [-0.2, 0) is 11.2 Å². The Morgan fingerprint density at radius 1 is 1.64 bits per heavy atom. The number of hydrogen-bond acceptors (Lipinski definition) is 3. The van der Waals surface area contributed by atoms with E-state index in [0.717, 1.165) is 11.1 Å². The van der Waals surface area contributed by atoms with Crippen LogP contribution in [0.3, 0.4) is 0 Å². The molecule has 0 spiro atoms. The van der Waals surface area contributed by atoms with Crippen LogP contribution in [0.5, 0.6) is 0 Å². The second-order valence-electron chi connectivity index (χ2n) is 3.28. The lowest BCUT2D eigenvalue weighted by atomic mass is 10.0. The van der Waals surface area contributed by atoms with E-state index in [-0.39, 0.29) is 0 Å². The predicted molar refractivity (Wildman–Crippen MR) is 52.8 cm³/mol. The zero-order valence-corrected chi connectivity index (χ0v) is 8.03. The minimum absolute atomic E-state index is 0.425. The van der Waals surface area contributed by atoms with Gasteiger partial charge in [0.2, 0.25) is 0 Å². The molecule has 0 radical (unpaired) electrons. The van der Waals surface area contributed by atoms with Crippen LogP contribution in [0.25, 0.3) is 0 Å². The second kappa shape index (κ2) is 4.74. The standard InChI is InChI=1S/C10H14N2O2/c1-7-3-2-4-8(5-7)6-9(11)10(13)12-14/h2-5,9,14H,6,11H2,1H3,(H,12,13)/t9-/m0/s1. The van der Waals surface area contributed by atoms with Crippen LogP contribution < -0.4 is 11.2 Å². The number of carbonyl (C=O) groups is 1. The number of rotatable bonds is 3. The number of hydroxylamine groups is 1. The SMILES string of the molecule is Cc1cccc(C[C@H](N)C(=O)NO)c1. The summed E-state index contributed by atoms with van der Waals surface area (Å²) in [5.74, 6) is -0.563. The van der Waals surface area contributed by atoms with Crippen molar-refractivity contribution in [1.82, 2.24) is 5.48 Å². The molecule has 4 N–H and O–H groups in total. The molecule has 0 unspecified atom stereocenters. The normalized spacial score (nSPS) is 12.2. The van der Waals surface area contributed by atoms with Crippen molar-refractivity contribution in [3.8, 4) is 0 Å². The molecule has 4 heteroatoms. The van der Waals surface area contributed by atoms with E-state index in [0.29, 0.717) is 6.42 Å². The van der Waals surface area contributed by atoms with E-state index in [2.05, 4.69) is 0 Å². The topological polar surface area (TPSA) is 75.4 Å². The number of benzene rings is 1. The predicted octanol–water partition coefficient (Wildman–Crippen LogP) is 0.370. The summed E-state index contributed by atoms with van der Waals surface area (Å²) in [7, 11) is 0. The van der Waals surface area contributed by atoms with Crippen LogP contribution in [0, 0.1) is 6.92 Å². The average molecular weight is 194 g/mol. The molecule has 0 heterocycles. The highest BCUT2D eigenvalue weighted by atomic mass is 16.5. The van der Waals surface area contributed by atoms with E-state index < -0.39 is 11.9 Å². The van der Waals surface area contributed by atoms with Gasteiger partial charge in [-0.05, 0) is 18.9 Å². The third-order valence-electron chi connectivity index (χ3n) is 1.99. The first-order valence-corrected chi connectivity index (χ1v) is 4.38. The summed E-state index contributed by atoms with van der Waals surface area (Å²) >= 11 is 0. The van der Waals surface area contributed by atoms with Gasteiger partial charge in [0.25, 0.3) is 5.91 Å². The number of nitrogens with two attached hydrogens (primary N) is 1. The first kappa shape index (κ1) is 10.7. The van der Waals surface area contributed by atoms with Crippen LogP contribution >= 0.6 is 0 Å². The molecule has 0 saturated carbocycles. The van der Waals surface area contributed by atoms with Crippen molar-refractivity contribution >= 4 is 5.91 Å². The molecule has 0 aliphatic rings. The fourth-order valence-electron chi connectivity index (χ4n) is 1.27. The quantitative estimate of drug-likeness (QED) is 0.480. The molecule has 14 heavy (non-hydrogen) atoms. The first-order valence-electron chi connectivity index (χ1n) is 4.38. The molecule has 1 aromatic rings. The fraction of sp³-hybridized carbons (Fsp3) is 0.300. The Labute approximate surface area is 82.7 Å². The van der Waals surface area contributed by atoms with Gasteiger partial charge in [-0.15, -0.1) is 0 Å². The number of aryl methyl sites for hydroxylation is 1. The minimum Gasteiger partial charge on any atom is -0.320 e. The molecule has 76 valence electrons. The van der Waals surface area contributed by atoms with Gasteiger partial charge in [-0.3, -0.25) is 10.0 Å². The zero-order valence-electron chi connectivity index (χ0n) is 8.03. The van der Waals surface area contributed by atoms with E-state index in [1.165, 1.54) is 5.48 Å². The van der Waals surface area contributed by atoms with Gasteiger partial charge in [0.1, 0.15) is 0 Å². The number of nitrogens with one attached hydrogen (secondary N) is 1. The van der Waals surface area contributed by atoms with Crippen molar-refractivity contribution in [2.45, 2.75) is 19.4 Å². The van der Waals surface area contributed by atoms with Crippen molar-refractivity contribution in [3.63, 3.8) is 0 Å². The van der Waals surface area contributed by atoms with Crippen LogP contribution in [0.4, 0.5) is 0 Å². The molecule has 1 atom stereocenters. The van der Waals surface area contributed by atoms with Crippen LogP contribution in [0.15, 0.2) is 24.3 Å². The molecule has 1 aromatic carbocycles. The lowest BCUT2D eigenvalue weighted by Crippen LogP contribution is -2.40. The molecule has 0 aromatic heterocycles. The van der Waals surface area contributed by atoms with Crippen molar-refractivity contribution < 1.29 is 10.0 Å². The molecule has 1 rings (SSSR count). The highest BCUT2D eigenvalue weighted by molar-refractivity contribution is 5.80. The number of hydrogen-bond donors (Lipinski definition) is 3. The van der Waals surface area contributed by atoms with E-state index in [1.54, 1.807) is 0 Å². The Hall–Kier alpha value is -1.39. The van der Waals surface area contributed by atoms with E-state index in [1.807, 2.05) is 31.2 Å². The van der Waals surface area contributed by atoms with Crippen molar-refractivity contribution in [2.24, 2.45) is 5.73 Å². The fourth-order valence-corrected chi connectivity index (χ4v) is 1.27. The maximum atomic E-state index is 10.9. The van der Waals surface area contributed by atoms with Crippen LogP contribution in [0.2, 0.25) is 0 Å². The maximum Gasteiger partial charge on any atom is 0.260 e. The Morgan fingerprint density at radius 2 is 2.36 bits per heavy atom. The van der Waals surface area contributed by atoms with Gasteiger partial charge < -0.3 is 5.73 Å². The van der Waals surface area contributed by atoms with Gasteiger partial charge in [0, 0.05) is 0 Å². The highest BCUT2D eigenvalue weighted by Gasteiger charge is 2.12. The second-order valence-corrected chi connectivity index (χ2v) is 3.28. The van der Waals surface area contributed by atoms with Gasteiger partial charge in [-0.1, -0.05) is 29.8 Å². The summed E-state index contributed by atoms with van der Waals surface area (Å²) in [6.45, 7) is 1.97. The summed E-state index contributed by atoms with van der Waals surface area (Å²) in [5.41, 5.74) is 9.18. The molecular weight excluding hydrogens is 180 g/mol. The molecule has 1 amide bonds. The molecule has 4 nitrogen and oxygen atoms in total. The Kier molecular flexibility index (Phi) is 3.62. The maximum absolute atomic E-state index is 10.9. The molecule has 0 aliphatic heterocycles. The summed E-state index contributed by atoms with van der Waals surface area (Å²) in [6, 6.07) is 7.04. The van der Waals surface area contributed by atoms with Crippen molar-refractivity contribution in [1.29, 1.82) is 0 Å². The molecule has 0 aliphatic carbocycles. The molecule has 0 fully saturated rings. The Balaban J connectivity index is 2.64. The summed E-state index contributed by atoms with van der Waals surface area (Å²) in [5, 5.41) is 8.36. The van der Waals surface area contributed by atoms with Crippen LogP contribution in [-0.4, -0.2) is 17.2 Å². The highest BCUT2D eigenvalue weighted by Crippen LogP contribution is 2.05. The largest absolute Gasteiger partial charge is 0.320 e. The van der Waals surface area contributed by atoms with E-state index in [4.69, 9.17) is 10.9 Å². The Bertz CT molecular complexity index is 326. The molecule has 0 bridgehead atoms. The van der Waals surface area contributed by atoms with E-state index >= 15 is 0 Å². The number of carbonyl (C=O) groups excluding carboxylic acids is 1. The van der Waals surface area contributed by atoms with Gasteiger partial charge in [-0.2, -0.15) is 0 Å². The Morgan fingerprint density at radius 3 is 2.93 bits per heavy atom. The third kappa shape index (κ3) is 2.83. The minimum atomic E-state index is -0.707. The van der Waals surface area contributed by atoms with Gasteiger partial charge in [-0.25, -0.2) is 5.48 Å². The summed E-state index contributed by atoms with van der Waals surface area (Å²) in [4.78, 5) is 10.9. The van der Waals surface area contributed by atoms with Gasteiger partial charge in [0.05, 0.1) is 6.04 Å². The summed E-state index contributed by atoms with van der Waals surface area (Å²) < 4.78 is 0. The lowest BCUT2D eigenvalue weighted by Gasteiger charge is -2.09. The third-order valence-corrected chi connectivity index (χ3v) is 1.99. The monoisotopic (exact) mass is 194 g/mol. The first-order chi connectivity index (χ1) is 6.63. The number of amides is 1.